The van der Waals surface area contributed by atoms with Gasteiger partial charge in [0.1, 0.15) is 11.1 Å². The SMILES string of the molecule is c1ccc(-n2c3ccccc3c3cc4c5cc(-c6cccc(N7c8cccc9c8C8(c%10c(cccc%107)-c7cccc[n+]78)[n+]7ccccc7-9)c6)ccc5n(-c5ccccc5)c4cc32)cc1. The first-order chi connectivity index (χ1) is 31.8. The molecule has 4 aromatic heterocycles. The minimum atomic E-state index is -0.532. The number of nitrogens with zero attached hydrogens (tertiary/aromatic N) is 5. The van der Waals surface area contributed by atoms with Crippen LogP contribution in [0, 0.1) is 0 Å². The van der Waals surface area contributed by atoms with Gasteiger partial charge in [0.25, 0.3) is 0 Å². The summed E-state index contributed by atoms with van der Waals surface area (Å²) < 4.78 is 9.86. The molecule has 5 heteroatoms. The molecule has 0 saturated heterocycles. The molecule has 3 aliphatic rings. The summed E-state index contributed by atoms with van der Waals surface area (Å²) in [4.78, 5) is 2.51. The van der Waals surface area contributed by atoms with E-state index in [9.17, 15) is 0 Å². The summed E-state index contributed by atoms with van der Waals surface area (Å²) in [7, 11) is 0. The summed E-state index contributed by atoms with van der Waals surface area (Å²) in [6.45, 7) is 0. The maximum Gasteiger partial charge on any atom is 0.421 e. The fraction of sp³-hybridized carbons (Fsp3) is 0.0169. The number of fused-ring (bicyclic) bond motifs is 10. The van der Waals surface area contributed by atoms with Gasteiger partial charge in [0.05, 0.1) is 44.6 Å². The Balaban J connectivity index is 0.955. The third-order valence-corrected chi connectivity index (χ3v) is 14.3. The van der Waals surface area contributed by atoms with E-state index in [1.807, 2.05) is 0 Å². The van der Waals surface area contributed by atoms with Crippen LogP contribution in [0.1, 0.15) is 11.1 Å². The normalized spacial score (nSPS) is 13.7. The molecule has 0 N–H and O–H groups in total. The molecule has 12 aromatic rings. The van der Waals surface area contributed by atoms with Gasteiger partial charge < -0.3 is 14.0 Å². The smallest absolute Gasteiger partial charge is 0.309 e. The molecule has 8 aromatic carbocycles. The number of rotatable bonds is 4. The third-order valence-electron chi connectivity index (χ3n) is 14.3. The van der Waals surface area contributed by atoms with Gasteiger partial charge in [-0.15, -0.1) is 9.13 Å². The predicted octanol–water partition coefficient (Wildman–Crippen LogP) is 13.2. The molecule has 1 spiro atoms. The first-order valence-electron chi connectivity index (χ1n) is 22.1. The second kappa shape index (κ2) is 12.3. The van der Waals surface area contributed by atoms with Gasteiger partial charge >= 0.3 is 5.66 Å². The van der Waals surface area contributed by atoms with Crippen molar-refractivity contribution >= 4 is 60.7 Å². The van der Waals surface area contributed by atoms with E-state index < -0.39 is 5.66 Å². The summed E-state index contributed by atoms with van der Waals surface area (Å²) in [5, 5.41) is 4.97. The van der Waals surface area contributed by atoms with Gasteiger partial charge in [0.2, 0.25) is 11.4 Å². The number of aromatic nitrogens is 4. The van der Waals surface area contributed by atoms with Gasteiger partial charge in [-0.25, -0.2) is 0 Å². The van der Waals surface area contributed by atoms with Gasteiger partial charge in [-0.05, 0) is 114 Å². The molecule has 0 amide bonds. The highest BCUT2D eigenvalue weighted by atomic mass is 15.3. The summed E-state index contributed by atoms with van der Waals surface area (Å²) in [6, 6.07) is 78.3. The van der Waals surface area contributed by atoms with Gasteiger partial charge in [0, 0.05) is 62.9 Å². The van der Waals surface area contributed by atoms with E-state index in [2.05, 4.69) is 248 Å². The van der Waals surface area contributed by atoms with Crippen LogP contribution < -0.4 is 14.0 Å². The molecule has 3 aliphatic heterocycles. The quantitative estimate of drug-likeness (QED) is 0.162. The second-order valence-electron chi connectivity index (χ2n) is 17.3. The Morgan fingerprint density at radius 2 is 0.844 bits per heavy atom. The van der Waals surface area contributed by atoms with Crippen LogP contribution in [0.4, 0.5) is 17.1 Å². The second-order valence-corrected chi connectivity index (χ2v) is 17.3. The van der Waals surface area contributed by atoms with Crippen LogP contribution in [0.3, 0.4) is 0 Å². The topological polar surface area (TPSA) is 20.9 Å². The molecule has 64 heavy (non-hydrogen) atoms. The van der Waals surface area contributed by atoms with E-state index in [0.29, 0.717) is 0 Å². The summed E-state index contributed by atoms with van der Waals surface area (Å²) in [5.74, 6) is 0. The van der Waals surface area contributed by atoms with Crippen molar-refractivity contribution in [2.24, 2.45) is 0 Å². The first-order valence-corrected chi connectivity index (χ1v) is 22.1. The molecule has 0 atom stereocenters. The molecule has 5 nitrogen and oxygen atoms in total. The zero-order valence-electron chi connectivity index (χ0n) is 34.6. The van der Waals surface area contributed by atoms with Crippen LogP contribution in [0.5, 0.6) is 0 Å². The van der Waals surface area contributed by atoms with E-state index in [-0.39, 0.29) is 0 Å². The van der Waals surface area contributed by atoms with E-state index in [0.717, 1.165) is 17.1 Å². The number of benzene rings is 8. The highest BCUT2D eigenvalue weighted by Crippen LogP contribution is 2.59. The van der Waals surface area contributed by atoms with Crippen LogP contribution in [0.2, 0.25) is 0 Å². The molecule has 0 fully saturated rings. The highest BCUT2D eigenvalue weighted by Gasteiger charge is 2.70. The van der Waals surface area contributed by atoms with E-state index >= 15 is 0 Å². The van der Waals surface area contributed by atoms with Crippen molar-refractivity contribution in [3.05, 3.63) is 236 Å². The first kappa shape index (κ1) is 34.1. The van der Waals surface area contributed by atoms with Crippen molar-refractivity contribution in [1.29, 1.82) is 0 Å². The van der Waals surface area contributed by atoms with E-state index in [1.165, 1.54) is 99.8 Å². The predicted molar refractivity (Wildman–Crippen MR) is 258 cm³/mol. The molecule has 0 aliphatic carbocycles. The average Bonchev–Trinajstić information content (AvgIpc) is 4.06. The Kier molecular flexibility index (Phi) is 6.56. The number of hydrogen-bond donors (Lipinski definition) is 0. The molecule has 15 rings (SSSR count). The van der Waals surface area contributed by atoms with Crippen LogP contribution in [0.25, 0.3) is 88.6 Å². The third kappa shape index (κ3) is 4.19. The average molecular weight is 816 g/mol. The zero-order chi connectivity index (χ0) is 41.7. The Labute approximate surface area is 368 Å². The van der Waals surface area contributed by atoms with Crippen molar-refractivity contribution in [2.75, 3.05) is 4.90 Å². The van der Waals surface area contributed by atoms with Crippen LogP contribution in [-0.4, -0.2) is 9.13 Å². The van der Waals surface area contributed by atoms with Crippen molar-refractivity contribution in [1.82, 2.24) is 9.13 Å². The lowest BCUT2D eigenvalue weighted by molar-refractivity contribution is -0.955. The fourth-order valence-corrected chi connectivity index (χ4v) is 11.8. The van der Waals surface area contributed by atoms with E-state index in [1.54, 1.807) is 0 Å². The molecule has 0 saturated carbocycles. The molecule has 7 heterocycles. The Morgan fingerprint density at radius 1 is 0.328 bits per heavy atom. The van der Waals surface area contributed by atoms with Gasteiger partial charge in [-0.2, -0.15) is 0 Å². The standard InChI is InChI=1S/C59H37N5/c1-3-17-40(18-4-1)62-51-27-8-7-22-43(51)47-36-48-46-35-39(30-31-52(46)63(56(48)37-55(47)62)41-19-5-2-6-20-41)38-16-13-21-42(34-38)64-53-28-14-23-44-49-25-9-11-32-60(49)59(57(44)53)58-45(24-15-29-54(58)64)50-26-10-12-33-61(50)59/h1-37H/q+2. The maximum atomic E-state index is 2.51. The molecule has 296 valence electrons. The maximum absolute atomic E-state index is 2.51. The fourth-order valence-electron chi connectivity index (χ4n) is 11.8. The minimum absolute atomic E-state index is 0.532. The number of para-hydroxylation sites is 3. The highest BCUT2D eigenvalue weighted by molar-refractivity contribution is 6.19. The lowest BCUT2D eigenvalue weighted by atomic mass is 9.83. The molecule has 0 radical (unpaired) electrons. The van der Waals surface area contributed by atoms with Crippen LogP contribution in [0.15, 0.2) is 225 Å². The Morgan fingerprint density at radius 3 is 1.50 bits per heavy atom. The molecule has 0 unspecified atom stereocenters. The zero-order valence-corrected chi connectivity index (χ0v) is 34.6. The van der Waals surface area contributed by atoms with E-state index in [4.69, 9.17) is 0 Å². The van der Waals surface area contributed by atoms with Gasteiger partial charge in [-0.3, -0.25) is 0 Å². The number of anilines is 3. The van der Waals surface area contributed by atoms with Gasteiger partial charge in [0.15, 0.2) is 12.4 Å². The molecular weight excluding hydrogens is 779 g/mol. The molecular formula is C59H37N5+2. The Hall–Kier alpha value is -8.54. The van der Waals surface area contributed by atoms with Gasteiger partial charge in [-0.1, -0.05) is 84.9 Å². The summed E-state index contributed by atoms with van der Waals surface area (Å²) >= 11 is 0. The van der Waals surface area contributed by atoms with Crippen molar-refractivity contribution in [3.63, 3.8) is 0 Å². The Bertz CT molecular complexity index is 3870. The van der Waals surface area contributed by atoms with Crippen LogP contribution >= 0.6 is 0 Å². The molecule has 0 bridgehead atoms. The monoisotopic (exact) mass is 815 g/mol. The summed E-state index contributed by atoms with van der Waals surface area (Å²) in [6.07, 6.45) is 4.53. The lowest BCUT2D eigenvalue weighted by Crippen LogP contribution is -2.72. The van der Waals surface area contributed by atoms with Crippen LogP contribution in [-0.2, 0) is 5.66 Å². The van der Waals surface area contributed by atoms with Crippen molar-refractivity contribution in [2.45, 2.75) is 5.66 Å². The number of pyridine rings is 2. The summed E-state index contributed by atoms with van der Waals surface area (Å²) in [5.41, 5.74) is 20.1. The minimum Gasteiger partial charge on any atom is -0.309 e. The van der Waals surface area contributed by atoms with Crippen molar-refractivity contribution < 1.29 is 9.13 Å². The lowest BCUT2D eigenvalue weighted by Gasteiger charge is -2.35. The van der Waals surface area contributed by atoms with Crippen molar-refractivity contribution in [3.8, 4) is 45.0 Å². The number of hydrogen-bond acceptors (Lipinski definition) is 1. The largest absolute Gasteiger partial charge is 0.421 e.